The van der Waals surface area contributed by atoms with Crippen LogP contribution in [0.1, 0.15) is 0 Å². The minimum atomic E-state index is -4.38. The Morgan fingerprint density at radius 2 is 2.00 bits per heavy atom. The fraction of sp³-hybridized carbons (Fsp3) is 0.462. The number of likely N-dealkylation sites (N-methyl/N-ethyl adjacent to an activating group) is 1. The van der Waals surface area contributed by atoms with Crippen molar-refractivity contribution in [3.8, 4) is 0 Å². The van der Waals surface area contributed by atoms with Crippen LogP contribution in [0, 0.1) is 15.9 Å². The molecule has 0 aromatic heterocycles. The molecule has 1 N–H and O–H groups in total. The Balaban J connectivity index is 0.00000312. The molecule has 140 valence electrons. The molecule has 1 aliphatic heterocycles. The van der Waals surface area contributed by atoms with Crippen LogP contribution in [0.15, 0.2) is 23.1 Å². The van der Waals surface area contributed by atoms with Crippen LogP contribution < -0.4 is 5.32 Å². The van der Waals surface area contributed by atoms with Crippen molar-refractivity contribution in [2.45, 2.75) is 4.90 Å². The Hall–Kier alpha value is -1.82. The van der Waals surface area contributed by atoms with Crippen LogP contribution in [-0.2, 0) is 14.8 Å². The van der Waals surface area contributed by atoms with Crippen molar-refractivity contribution in [3.05, 3.63) is 34.1 Å². The molecule has 0 saturated carbocycles. The summed E-state index contributed by atoms with van der Waals surface area (Å²) in [7, 11) is -3.25. The third-order valence-electron chi connectivity index (χ3n) is 3.65. The highest BCUT2D eigenvalue weighted by Gasteiger charge is 2.33. The number of nitro benzene ring substituents is 1. The predicted molar refractivity (Wildman–Crippen MR) is 89.6 cm³/mol. The predicted octanol–water partition coefficient (Wildman–Crippen LogP) is 0.208. The first-order valence-corrected chi connectivity index (χ1v) is 8.57. The maximum Gasteiger partial charge on any atom is 0.324 e. The van der Waals surface area contributed by atoms with Gasteiger partial charge in [0.15, 0.2) is 4.90 Å². The quantitative estimate of drug-likeness (QED) is 0.562. The first-order valence-electron chi connectivity index (χ1n) is 7.13. The molecule has 1 saturated heterocycles. The molecule has 2 rings (SSSR count). The molecular weight excluding hydrogens is 379 g/mol. The molecule has 25 heavy (non-hydrogen) atoms. The van der Waals surface area contributed by atoms with Gasteiger partial charge < -0.3 is 10.2 Å². The molecule has 1 aromatic rings. The van der Waals surface area contributed by atoms with E-state index in [1.165, 1.54) is 4.90 Å². The number of piperazine rings is 1. The first-order chi connectivity index (χ1) is 11.2. The maximum atomic E-state index is 13.6. The van der Waals surface area contributed by atoms with Crippen LogP contribution in [0.3, 0.4) is 0 Å². The van der Waals surface area contributed by atoms with Crippen LogP contribution >= 0.6 is 12.4 Å². The van der Waals surface area contributed by atoms with Gasteiger partial charge >= 0.3 is 5.69 Å². The average molecular weight is 397 g/mol. The van der Waals surface area contributed by atoms with Gasteiger partial charge in [-0.05, 0) is 12.1 Å². The fourth-order valence-electron chi connectivity index (χ4n) is 2.34. The number of carbonyl (C=O) groups is 1. The van der Waals surface area contributed by atoms with Crippen molar-refractivity contribution in [1.29, 1.82) is 0 Å². The van der Waals surface area contributed by atoms with E-state index in [2.05, 4.69) is 5.32 Å². The summed E-state index contributed by atoms with van der Waals surface area (Å²) in [6.07, 6.45) is 0. The molecule has 1 heterocycles. The Morgan fingerprint density at radius 1 is 1.40 bits per heavy atom. The summed E-state index contributed by atoms with van der Waals surface area (Å²) in [5, 5.41) is 14.0. The number of nitro groups is 1. The van der Waals surface area contributed by atoms with E-state index in [-0.39, 0.29) is 12.4 Å². The van der Waals surface area contributed by atoms with Gasteiger partial charge in [-0.3, -0.25) is 14.9 Å². The number of carbonyl (C=O) groups excluding carboxylic acids is 1. The van der Waals surface area contributed by atoms with Gasteiger partial charge in [0.1, 0.15) is 0 Å². The molecule has 0 unspecified atom stereocenters. The number of nitrogens with zero attached hydrogens (tertiary/aromatic N) is 3. The number of rotatable bonds is 5. The molecular formula is C13H18ClFN4O5S. The summed E-state index contributed by atoms with van der Waals surface area (Å²) >= 11 is 0. The Labute approximate surface area is 150 Å². The topological polar surface area (TPSA) is 113 Å². The number of sulfonamides is 1. The number of nitrogens with one attached hydrogen (secondary N) is 1. The molecule has 1 aliphatic rings. The largest absolute Gasteiger partial charge is 0.339 e. The first kappa shape index (κ1) is 21.2. The van der Waals surface area contributed by atoms with Crippen LogP contribution in [0.25, 0.3) is 0 Å². The van der Waals surface area contributed by atoms with Crippen molar-refractivity contribution in [2.24, 2.45) is 0 Å². The number of hydrogen-bond acceptors (Lipinski definition) is 6. The van der Waals surface area contributed by atoms with Crippen LogP contribution in [0.5, 0.6) is 0 Å². The van der Waals surface area contributed by atoms with Gasteiger partial charge in [-0.2, -0.15) is 8.70 Å². The highest BCUT2D eigenvalue weighted by molar-refractivity contribution is 7.89. The lowest BCUT2D eigenvalue weighted by Crippen LogP contribution is -2.49. The Kier molecular flexibility index (Phi) is 7.23. The lowest BCUT2D eigenvalue weighted by molar-refractivity contribution is -0.390. The maximum absolute atomic E-state index is 13.6. The van der Waals surface area contributed by atoms with Gasteiger partial charge in [-0.25, -0.2) is 8.42 Å². The molecule has 0 radical (unpaired) electrons. The number of hydrogen-bond donors (Lipinski definition) is 1. The smallest absolute Gasteiger partial charge is 0.324 e. The molecule has 1 amide bonds. The molecule has 0 aliphatic carbocycles. The van der Waals surface area contributed by atoms with E-state index >= 15 is 0 Å². The van der Waals surface area contributed by atoms with E-state index in [1.54, 1.807) is 0 Å². The van der Waals surface area contributed by atoms with Gasteiger partial charge in [-0.1, -0.05) is 6.07 Å². The lowest BCUT2D eigenvalue weighted by Gasteiger charge is -2.29. The van der Waals surface area contributed by atoms with Gasteiger partial charge in [0.2, 0.25) is 21.7 Å². The number of benzene rings is 1. The lowest BCUT2D eigenvalue weighted by atomic mass is 10.3. The fourth-order valence-corrected chi connectivity index (χ4v) is 3.62. The van der Waals surface area contributed by atoms with Gasteiger partial charge in [-0.15, -0.1) is 12.4 Å². The summed E-state index contributed by atoms with van der Waals surface area (Å²) in [4.78, 5) is 22.8. The second kappa shape index (κ2) is 8.52. The van der Waals surface area contributed by atoms with Crippen LogP contribution in [0.4, 0.5) is 10.1 Å². The molecule has 0 atom stereocenters. The standard InChI is InChI=1S/C13H17FN4O5S.ClH/c1-16(9-12(19)17-7-5-15-6-8-17)24(22,23)11-4-2-3-10(14)13(11)18(20)21;/h2-4,15H,5-9H2,1H3;1H. The molecule has 9 nitrogen and oxygen atoms in total. The molecule has 1 fully saturated rings. The van der Waals surface area contributed by atoms with Gasteiger partial charge in [0, 0.05) is 33.2 Å². The zero-order chi connectivity index (χ0) is 17.9. The van der Waals surface area contributed by atoms with Crippen molar-refractivity contribution in [3.63, 3.8) is 0 Å². The Morgan fingerprint density at radius 3 is 2.56 bits per heavy atom. The summed E-state index contributed by atoms with van der Waals surface area (Å²) < 4.78 is 39.3. The monoisotopic (exact) mass is 396 g/mol. The zero-order valence-electron chi connectivity index (χ0n) is 13.3. The number of halogens is 2. The number of para-hydroxylation sites is 1. The van der Waals surface area contributed by atoms with Gasteiger partial charge in [0.05, 0.1) is 11.5 Å². The van der Waals surface area contributed by atoms with E-state index in [0.29, 0.717) is 30.5 Å². The highest BCUT2D eigenvalue weighted by atomic mass is 35.5. The van der Waals surface area contributed by atoms with E-state index < -0.39 is 43.8 Å². The SMILES string of the molecule is CN(CC(=O)N1CCNCC1)S(=O)(=O)c1cccc(F)c1[N+](=O)[O-].Cl. The normalized spacial score (nSPS) is 14.9. The summed E-state index contributed by atoms with van der Waals surface area (Å²) in [5.74, 6) is -1.66. The van der Waals surface area contributed by atoms with Crippen LogP contribution in [-0.4, -0.2) is 68.2 Å². The number of amides is 1. The van der Waals surface area contributed by atoms with E-state index in [9.17, 15) is 27.7 Å². The zero-order valence-corrected chi connectivity index (χ0v) is 15.0. The van der Waals surface area contributed by atoms with Gasteiger partial charge in [0.25, 0.3) is 0 Å². The minimum absolute atomic E-state index is 0. The molecule has 0 spiro atoms. The Bertz CT molecular complexity index is 755. The van der Waals surface area contributed by atoms with E-state index in [0.717, 1.165) is 25.2 Å². The second-order valence-corrected chi connectivity index (χ2v) is 7.25. The van der Waals surface area contributed by atoms with Crippen molar-refractivity contribution >= 4 is 34.0 Å². The third-order valence-corrected chi connectivity index (χ3v) is 5.48. The summed E-state index contributed by atoms with van der Waals surface area (Å²) in [5.41, 5.74) is -1.13. The van der Waals surface area contributed by atoms with Crippen LogP contribution in [0.2, 0.25) is 0 Å². The average Bonchev–Trinajstić information content (AvgIpc) is 2.54. The molecule has 0 bridgehead atoms. The highest BCUT2D eigenvalue weighted by Crippen LogP contribution is 2.28. The van der Waals surface area contributed by atoms with Crippen molar-refractivity contribution in [1.82, 2.24) is 14.5 Å². The summed E-state index contributed by atoms with van der Waals surface area (Å²) in [6, 6.07) is 2.83. The van der Waals surface area contributed by atoms with Crippen molar-refractivity contribution in [2.75, 3.05) is 39.8 Å². The minimum Gasteiger partial charge on any atom is -0.339 e. The van der Waals surface area contributed by atoms with Crippen molar-refractivity contribution < 1.29 is 22.5 Å². The third kappa shape index (κ3) is 4.63. The van der Waals surface area contributed by atoms with E-state index in [1.807, 2.05) is 0 Å². The molecule has 12 heteroatoms. The second-order valence-electron chi connectivity index (χ2n) is 5.24. The molecule has 1 aromatic carbocycles. The van der Waals surface area contributed by atoms with E-state index in [4.69, 9.17) is 0 Å². The summed E-state index contributed by atoms with van der Waals surface area (Å²) in [6.45, 7) is 1.64.